The molecule has 0 radical (unpaired) electrons. The van der Waals surface area contributed by atoms with E-state index in [9.17, 15) is 10.2 Å². The molecule has 10 heteroatoms. The Hall–Kier alpha value is -1.66. The van der Waals surface area contributed by atoms with Crippen LogP contribution in [0.3, 0.4) is 0 Å². The van der Waals surface area contributed by atoms with Gasteiger partial charge in [-0.2, -0.15) is 0 Å². The van der Waals surface area contributed by atoms with Crippen LogP contribution in [0.5, 0.6) is 11.5 Å². The zero-order chi connectivity index (χ0) is 22.0. The molecule has 3 aromatic rings. The second kappa shape index (κ2) is 9.65. The summed E-state index contributed by atoms with van der Waals surface area (Å²) in [6, 6.07) is 8.82. The Bertz CT molecular complexity index is 1100. The van der Waals surface area contributed by atoms with Crippen LogP contribution < -0.4 is 0 Å². The van der Waals surface area contributed by atoms with Crippen LogP contribution >= 0.6 is 69.6 Å². The Labute approximate surface area is 201 Å². The van der Waals surface area contributed by atoms with E-state index < -0.39 is 0 Å². The minimum absolute atomic E-state index is 0.0876. The fourth-order valence-corrected chi connectivity index (χ4v) is 3.71. The number of nitrogens with zero attached hydrogens (tertiary/aromatic N) is 2. The van der Waals surface area contributed by atoms with E-state index in [0.717, 1.165) is 0 Å². The maximum atomic E-state index is 10.1. The molecule has 2 N–H and O–H groups in total. The molecule has 30 heavy (non-hydrogen) atoms. The van der Waals surface area contributed by atoms with Gasteiger partial charge in [0.05, 0.1) is 31.5 Å². The number of hydrogen-bond donors (Lipinski definition) is 2. The Balaban J connectivity index is 2.04. The monoisotopic (exact) mass is 520 g/mol. The van der Waals surface area contributed by atoms with Crippen molar-refractivity contribution in [2.75, 3.05) is 0 Å². The lowest BCUT2D eigenvalue weighted by atomic mass is 10.2. The normalized spacial score (nSPS) is 11.7. The summed E-state index contributed by atoms with van der Waals surface area (Å²) in [6.07, 6.45) is 2.72. The van der Waals surface area contributed by atoms with Gasteiger partial charge in [-0.25, -0.2) is 0 Å². The van der Waals surface area contributed by atoms with Gasteiger partial charge in [-0.1, -0.05) is 69.6 Å². The van der Waals surface area contributed by atoms with Gasteiger partial charge in [0.2, 0.25) is 0 Å². The molecule has 0 bridgehead atoms. The van der Waals surface area contributed by atoms with E-state index in [1.165, 1.54) is 48.8 Å². The highest BCUT2D eigenvalue weighted by Crippen LogP contribution is 2.38. The van der Waals surface area contributed by atoms with Gasteiger partial charge in [0.1, 0.15) is 11.5 Å². The first kappa shape index (κ1) is 23.0. The van der Waals surface area contributed by atoms with Gasteiger partial charge < -0.3 is 10.2 Å². The molecule has 0 aliphatic heterocycles. The molecule has 0 spiro atoms. The van der Waals surface area contributed by atoms with Gasteiger partial charge in [-0.15, -0.1) is 0 Å². The quantitative estimate of drug-likeness (QED) is 0.337. The van der Waals surface area contributed by atoms with Crippen LogP contribution in [-0.4, -0.2) is 22.6 Å². The fourth-order valence-electron chi connectivity index (χ4n) is 2.38. The summed E-state index contributed by atoms with van der Waals surface area (Å²) >= 11 is 36.0. The molecular weight excluding hydrogens is 513 g/mol. The Morgan fingerprint density at radius 3 is 1.27 bits per heavy atom. The average Bonchev–Trinajstić information content (AvgIpc) is 2.67. The zero-order valence-electron chi connectivity index (χ0n) is 14.7. The summed E-state index contributed by atoms with van der Waals surface area (Å²) in [5.74, 6) is -0.346. The van der Waals surface area contributed by atoms with Crippen LogP contribution in [0.1, 0.15) is 11.1 Å². The third-order valence-corrected chi connectivity index (χ3v) is 5.55. The van der Waals surface area contributed by atoms with Gasteiger partial charge in [0.25, 0.3) is 0 Å². The van der Waals surface area contributed by atoms with Crippen LogP contribution in [0, 0.1) is 0 Å². The van der Waals surface area contributed by atoms with E-state index in [0.29, 0.717) is 32.5 Å². The number of rotatable bonds is 4. The number of benzene rings is 3. The van der Waals surface area contributed by atoms with Crippen molar-refractivity contribution >= 4 is 93.4 Å². The highest BCUT2D eigenvalue weighted by Gasteiger charge is 2.10. The first-order chi connectivity index (χ1) is 14.2. The number of phenols is 2. The molecule has 0 fully saturated rings. The maximum Gasteiger partial charge on any atom is 0.143 e. The van der Waals surface area contributed by atoms with E-state index in [2.05, 4.69) is 9.98 Å². The van der Waals surface area contributed by atoms with Crippen molar-refractivity contribution in [1.29, 1.82) is 0 Å². The summed E-state index contributed by atoms with van der Waals surface area (Å²) in [5.41, 5.74) is 1.27. The lowest BCUT2D eigenvalue weighted by Crippen LogP contribution is -1.86. The second-order valence-electron chi connectivity index (χ2n) is 5.92. The van der Waals surface area contributed by atoms with Crippen LogP contribution in [0.2, 0.25) is 30.1 Å². The molecule has 0 aliphatic rings. The summed E-state index contributed by atoms with van der Waals surface area (Å²) in [6.45, 7) is 0. The molecule has 154 valence electrons. The number of aliphatic imine (C=N–C) groups is 2. The van der Waals surface area contributed by atoms with E-state index >= 15 is 0 Å². The summed E-state index contributed by atoms with van der Waals surface area (Å²) < 4.78 is 0. The lowest BCUT2D eigenvalue weighted by molar-refractivity contribution is 0.474. The summed E-state index contributed by atoms with van der Waals surface area (Å²) in [5, 5.41) is 21.5. The average molecular weight is 523 g/mol. The number of hydrogen-bond acceptors (Lipinski definition) is 4. The number of halogens is 6. The third kappa shape index (κ3) is 5.33. The first-order valence-corrected chi connectivity index (χ1v) is 10.4. The van der Waals surface area contributed by atoms with E-state index in [1.54, 1.807) is 0 Å². The highest BCUT2D eigenvalue weighted by atomic mass is 35.5. The van der Waals surface area contributed by atoms with Gasteiger partial charge in [0, 0.05) is 33.6 Å². The highest BCUT2D eigenvalue weighted by molar-refractivity contribution is 6.42. The first-order valence-electron chi connectivity index (χ1n) is 8.09. The van der Waals surface area contributed by atoms with Crippen LogP contribution in [0.4, 0.5) is 11.4 Å². The van der Waals surface area contributed by atoms with Crippen molar-refractivity contribution in [2.45, 2.75) is 0 Å². The molecule has 3 aromatic carbocycles. The molecule has 0 saturated heterocycles. The van der Waals surface area contributed by atoms with Gasteiger partial charge >= 0.3 is 0 Å². The zero-order valence-corrected chi connectivity index (χ0v) is 19.2. The van der Waals surface area contributed by atoms with E-state index in [1.807, 2.05) is 0 Å². The Morgan fingerprint density at radius 1 is 0.533 bits per heavy atom. The van der Waals surface area contributed by atoms with Crippen molar-refractivity contribution in [3.8, 4) is 11.5 Å². The SMILES string of the molecule is Oc1c(Cl)cc(Cl)cc1C=Nc1cc(Cl)c(Cl)cc1N=Cc1cc(Cl)cc(Cl)c1O. The smallest absolute Gasteiger partial charge is 0.143 e. The molecule has 0 amide bonds. The van der Waals surface area contributed by atoms with E-state index in [4.69, 9.17) is 69.6 Å². The lowest BCUT2D eigenvalue weighted by Gasteiger charge is -2.06. The molecule has 0 saturated carbocycles. The second-order valence-corrected chi connectivity index (χ2v) is 8.42. The molecule has 0 atom stereocenters. The molecule has 0 aliphatic carbocycles. The molecule has 3 rings (SSSR count). The topological polar surface area (TPSA) is 65.2 Å². The Kier molecular flexibility index (Phi) is 7.40. The van der Waals surface area contributed by atoms with Gasteiger partial charge in [-0.3, -0.25) is 9.98 Å². The Morgan fingerprint density at radius 2 is 0.900 bits per heavy atom. The predicted molar refractivity (Wildman–Crippen MR) is 127 cm³/mol. The predicted octanol–water partition coefficient (Wildman–Crippen LogP) is 8.52. The van der Waals surface area contributed by atoms with Crippen LogP contribution in [-0.2, 0) is 0 Å². The maximum absolute atomic E-state index is 10.1. The van der Waals surface area contributed by atoms with Crippen molar-refractivity contribution in [2.24, 2.45) is 9.98 Å². The molecular formula is C20H10Cl6N2O2. The number of aromatic hydroxyl groups is 2. The molecule has 0 unspecified atom stereocenters. The molecule has 0 aromatic heterocycles. The van der Waals surface area contributed by atoms with Crippen LogP contribution in [0.25, 0.3) is 0 Å². The fraction of sp³-hybridized carbons (Fsp3) is 0. The minimum atomic E-state index is -0.173. The van der Waals surface area contributed by atoms with E-state index in [-0.39, 0.29) is 31.6 Å². The van der Waals surface area contributed by atoms with Crippen molar-refractivity contribution < 1.29 is 10.2 Å². The van der Waals surface area contributed by atoms with Crippen molar-refractivity contribution in [1.82, 2.24) is 0 Å². The van der Waals surface area contributed by atoms with Crippen molar-refractivity contribution in [3.05, 3.63) is 77.7 Å². The molecule has 4 nitrogen and oxygen atoms in total. The molecule has 0 heterocycles. The minimum Gasteiger partial charge on any atom is -0.506 e. The van der Waals surface area contributed by atoms with Gasteiger partial charge in [-0.05, 0) is 36.4 Å². The standard InChI is InChI=1S/C20H10Cl6N2O2/c21-11-1-9(19(29)15(25)3-11)7-27-17-5-13(23)14(24)6-18(17)28-8-10-2-12(22)4-16(26)20(10)30/h1-8,29-30H. The van der Waals surface area contributed by atoms with Crippen molar-refractivity contribution in [3.63, 3.8) is 0 Å². The largest absolute Gasteiger partial charge is 0.506 e. The van der Waals surface area contributed by atoms with Gasteiger partial charge in [0.15, 0.2) is 0 Å². The number of phenolic OH excluding ortho intramolecular Hbond substituents is 2. The summed E-state index contributed by atoms with van der Waals surface area (Å²) in [7, 11) is 0. The third-order valence-electron chi connectivity index (χ3n) is 3.82. The van der Waals surface area contributed by atoms with Crippen LogP contribution in [0.15, 0.2) is 46.4 Å². The summed E-state index contributed by atoms with van der Waals surface area (Å²) in [4.78, 5) is 8.64.